The van der Waals surface area contributed by atoms with Crippen molar-refractivity contribution >= 4 is 24.3 Å². The van der Waals surface area contributed by atoms with Gasteiger partial charge in [0.1, 0.15) is 5.69 Å². The molecule has 2 fully saturated rings. The van der Waals surface area contributed by atoms with Crippen LogP contribution >= 0.6 is 0 Å². The zero-order chi connectivity index (χ0) is 23.3. The van der Waals surface area contributed by atoms with Crippen molar-refractivity contribution in [1.29, 1.82) is 0 Å². The van der Waals surface area contributed by atoms with E-state index in [4.69, 9.17) is 9.90 Å². The molecule has 168 valence electrons. The average molecular weight is 440 g/mol. The van der Waals surface area contributed by atoms with Crippen molar-refractivity contribution in [3.63, 3.8) is 0 Å². The Kier molecular flexibility index (Phi) is 7.14. The quantitative estimate of drug-likeness (QED) is 0.558. The van der Waals surface area contributed by atoms with E-state index in [-0.39, 0.29) is 47.6 Å². The number of rotatable bonds is 3. The fourth-order valence-corrected chi connectivity index (χ4v) is 4.42. The Morgan fingerprint density at radius 2 is 1.69 bits per heavy atom. The third-order valence-electron chi connectivity index (χ3n) is 5.76. The lowest BCUT2D eigenvalue weighted by molar-refractivity contribution is -0.130. The second kappa shape index (κ2) is 9.99. The summed E-state index contributed by atoms with van der Waals surface area (Å²) in [4.78, 5) is 56.7. The number of benzene rings is 1. The lowest BCUT2D eigenvalue weighted by Crippen LogP contribution is -2.36. The maximum atomic E-state index is 12.9. The predicted octanol–water partition coefficient (Wildman–Crippen LogP) is 1.26. The average Bonchev–Trinajstić information content (AvgIpc) is 3.37. The molecule has 0 bridgehead atoms. The SMILES string of the molecule is COC(=O)c1cnc(C(=O)N2C[C@@H]3CN(C(C)=O)[C@@H](c4ccccc4)[C@@H]3C2)cn1.O=CO. The number of fused-ring (bicyclic) bond motifs is 1. The number of carbonyl (C=O) groups excluding carboxylic acids is 3. The number of carbonyl (C=O) groups is 4. The van der Waals surface area contributed by atoms with E-state index in [1.807, 2.05) is 35.2 Å². The Balaban J connectivity index is 0.000000913. The van der Waals surface area contributed by atoms with Crippen molar-refractivity contribution in [2.24, 2.45) is 11.8 Å². The number of aromatic nitrogens is 2. The van der Waals surface area contributed by atoms with Crippen LogP contribution in [0.5, 0.6) is 0 Å². The number of nitrogens with zero attached hydrogens (tertiary/aromatic N) is 4. The maximum absolute atomic E-state index is 12.9. The highest BCUT2D eigenvalue weighted by atomic mass is 16.5. The minimum absolute atomic E-state index is 0.0377. The van der Waals surface area contributed by atoms with Gasteiger partial charge in [-0.1, -0.05) is 30.3 Å². The smallest absolute Gasteiger partial charge is 0.358 e. The van der Waals surface area contributed by atoms with E-state index in [0.29, 0.717) is 19.6 Å². The van der Waals surface area contributed by atoms with Crippen LogP contribution in [0.3, 0.4) is 0 Å². The summed E-state index contributed by atoms with van der Waals surface area (Å²) in [5, 5.41) is 6.89. The molecule has 3 atom stereocenters. The molecule has 2 aromatic rings. The van der Waals surface area contributed by atoms with Crippen LogP contribution in [-0.4, -0.2) is 75.9 Å². The third-order valence-corrected chi connectivity index (χ3v) is 5.76. The van der Waals surface area contributed by atoms with Crippen LogP contribution in [0.2, 0.25) is 0 Å². The van der Waals surface area contributed by atoms with E-state index >= 15 is 0 Å². The summed E-state index contributed by atoms with van der Waals surface area (Å²) in [6.45, 7) is 3.10. The van der Waals surface area contributed by atoms with E-state index in [1.54, 1.807) is 11.8 Å². The van der Waals surface area contributed by atoms with E-state index in [0.717, 1.165) is 5.56 Å². The number of carboxylic acid groups (broad SMARTS) is 1. The number of amides is 2. The van der Waals surface area contributed by atoms with Gasteiger partial charge in [-0.15, -0.1) is 0 Å². The Morgan fingerprint density at radius 3 is 2.25 bits per heavy atom. The molecule has 10 nitrogen and oxygen atoms in total. The van der Waals surface area contributed by atoms with Crippen molar-refractivity contribution in [3.8, 4) is 0 Å². The third kappa shape index (κ3) is 4.58. The van der Waals surface area contributed by atoms with Crippen LogP contribution in [0, 0.1) is 11.8 Å². The Labute approximate surface area is 184 Å². The summed E-state index contributed by atoms with van der Waals surface area (Å²) in [5.41, 5.74) is 1.34. The van der Waals surface area contributed by atoms with Crippen LogP contribution in [0.4, 0.5) is 0 Å². The fourth-order valence-electron chi connectivity index (χ4n) is 4.42. The van der Waals surface area contributed by atoms with E-state index in [9.17, 15) is 14.4 Å². The molecule has 0 saturated carbocycles. The largest absolute Gasteiger partial charge is 0.483 e. The summed E-state index contributed by atoms with van der Waals surface area (Å²) in [7, 11) is 1.26. The van der Waals surface area contributed by atoms with Crippen molar-refractivity contribution in [2.75, 3.05) is 26.7 Å². The van der Waals surface area contributed by atoms with E-state index < -0.39 is 5.97 Å². The molecule has 1 aromatic heterocycles. The van der Waals surface area contributed by atoms with Crippen molar-refractivity contribution in [1.82, 2.24) is 19.8 Å². The molecule has 0 radical (unpaired) electrons. The molecule has 0 unspecified atom stereocenters. The van der Waals surface area contributed by atoms with Gasteiger partial charge >= 0.3 is 5.97 Å². The van der Waals surface area contributed by atoms with Crippen LogP contribution in [0.15, 0.2) is 42.7 Å². The van der Waals surface area contributed by atoms with Gasteiger partial charge < -0.3 is 19.6 Å². The number of hydrogen-bond acceptors (Lipinski definition) is 7. The Hall–Kier alpha value is -3.82. The number of likely N-dealkylation sites (tertiary alicyclic amines) is 2. The molecule has 2 saturated heterocycles. The standard InChI is InChI=1S/C21H22N4O4.CH2O2/c1-13(26)25-11-15-10-24(12-16(15)19(25)14-6-4-3-5-7-14)20(27)17-8-23-18(9-22-17)21(28)29-2;2-1-3/h3-9,15-16,19H,10-12H2,1-2H3;1H,(H,2,3)/t15-,16-,19+;/m1./s1. The molecule has 32 heavy (non-hydrogen) atoms. The van der Waals surface area contributed by atoms with Crippen molar-refractivity contribution in [3.05, 3.63) is 59.7 Å². The van der Waals surface area contributed by atoms with E-state index in [1.165, 1.54) is 19.5 Å². The van der Waals surface area contributed by atoms with Gasteiger partial charge in [-0.2, -0.15) is 0 Å². The number of methoxy groups -OCH3 is 1. The minimum Gasteiger partial charge on any atom is -0.483 e. The van der Waals surface area contributed by atoms with Crippen LogP contribution in [0.1, 0.15) is 39.5 Å². The highest BCUT2D eigenvalue weighted by Gasteiger charge is 2.49. The lowest BCUT2D eigenvalue weighted by Gasteiger charge is -2.29. The van der Waals surface area contributed by atoms with Gasteiger partial charge in [-0.05, 0) is 5.56 Å². The number of ether oxygens (including phenoxy) is 1. The van der Waals surface area contributed by atoms with Crippen LogP contribution in [-0.2, 0) is 14.3 Å². The molecule has 1 aromatic carbocycles. The highest BCUT2D eigenvalue weighted by molar-refractivity contribution is 5.93. The van der Waals surface area contributed by atoms with Gasteiger partial charge in [0.2, 0.25) is 5.91 Å². The second-order valence-electron chi connectivity index (χ2n) is 7.54. The molecule has 2 amide bonds. The van der Waals surface area contributed by atoms with Gasteiger partial charge in [0.15, 0.2) is 5.69 Å². The zero-order valence-electron chi connectivity index (χ0n) is 17.7. The predicted molar refractivity (Wildman–Crippen MR) is 112 cm³/mol. The zero-order valence-corrected chi connectivity index (χ0v) is 17.7. The van der Waals surface area contributed by atoms with Gasteiger partial charge in [0.25, 0.3) is 12.4 Å². The van der Waals surface area contributed by atoms with Gasteiger partial charge in [-0.25, -0.2) is 14.8 Å². The van der Waals surface area contributed by atoms with Crippen LogP contribution < -0.4 is 0 Å². The van der Waals surface area contributed by atoms with Gasteiger partial charge in [0, 0.05) is 38.4 Å². The molecule has 0 aliphatic carbocycles. The molecule has 1 N–H and O–H groups in total. The molecule has 10 heteroatoms. The Bertz CT molecular complexity index is 982. The number of esters is 1. The first-order valence-corrected chi connectivity index (χ1v) is 10.0. The van der Waals surface area contributed by atoms with Gasteiger partial charge in [-0.3, -0.25) is 14.4 Å². The summed E-state index contributed by atoms with van der Waals surface area (Å²) >= 11 is 0. The molecule has 2 aliphatic rings. The topological polar surface area (TPSA) is 130 Å². The minimum atomic E-state index is -0.595. The molecule has 4 rings (SSSR count). The van der Waals surface area contributed by atoms with Crippen LogP contribution in [0.25, 0.3) is 0 Å². The molecular formula is C22H24N4O6. The first-order chi connectivity index (χ1) is 15.4. The normalized spacial score (nSPS) is 21.2. The first-order valence-electron chi connectivity index (χ1n) is 10.0. The molecule has 0 spiro atoms. The lowest BCUT2D eigenvalue weighted by atomic mass is 9.89. The summed E-state index contributed by atoms with van der Waals surface area (Å²) in [6.07, 6.45) is 2.56. The van der Waals surface area contributed by atoms with Gasteiger partial charge in [0.05, 0.1) is 25.5 Å². The summed E-state index contributed by atoms with van der Waals surface area (Å²) in [6, 6.07) is 9.92. The maximum Gasteiger partial charge on any atom is 0.358 e. The number of hydrogen-bond donors (Lipinski definition) is 1. The molecular weight excluding hydrogens is 416 g/mol. The second-order valence-corrected chi connectivity index (χ2v) is 7.54. The Morgan fingerprint density at radius 1 is 1.06 bits per heavy atom. The first kappa shape index (κ1) is 22.9. The molecule has 2 aliphatic heterocycles. The fraction of sp³-hybridized carbons (Fsp3) is 0.364. The summed E-state index contributed by atoms with van der Waals surface area (Å²) in [5.74, 6) is -0.370. The van der Waals surface area contributed by atoms with E-state index in [2.05, 4.69) is 14.7 Å². The summed E-state index contributed by atoms with van der Waals surface area (Å²) < 4.78 is 4.60. The molecule has 3 heterocycles. The highest BCUT2D eigenvalue weighted by Crippen LogP contribution is 2.45. The van der Waals surface area contributed by atoms with Crippen molar-refractivity contribution in [2.45, 2.75) is 13.0 Å². The monoisotopic (exact) mass is 440 g/mol. The van der Waals surface area contributed by atoms with Crippen molar-refractivity contribution < 1.29 is 29.0 Å².